The molecular weight excluding hydrogens is 340 g/mol. The normalized spacial score (nSPS) is 15.1. The highest BCUT2D eigenvalue weighted by Gasteiger charge is 2.26. The van der Waals surface area contributed by atoms with Crippen LogP contribution in [-0.4, -0.2) is 21.6 Å². The van der Waals surface area contributed by atoms with E-state index in [1.807, 2.05) is 0 Å². The van der Waals surface area contributed by atoms with Crippen molar-refractivity contribution in [1.82, 2.24) is 4.72 Å². The van der Waals surface area contributed by atoms with Crippen LogP contribution in [0.4, 0.5) is 8.78 Å². The Bertz CT molecular complexity index is 850. The second kappa shape index (κ2) is 6.37. The molecule has 128 valence electrons. The fourth-order valence-corrected chi connectivity index (χ4v) is 3.80. The lowest BCUT2D eigenvalue weighted by Gasteiger charge is -2.21. The molecule has 0 spiro atoms. The number of hydrogen-bond donors (Lipinski definition) is 1. The van der Waals surface area contributed by atoms with Crippen LogP contribution in [0.25, 0.3) is 0 Å². The van der Waals surface area contributed by atoms with Crippen LogP contribution in [0.5, 0.6) is 11.5 Å². The van der Waals surface area contributed by atoms with E-state index in [9.17, 15) is 17.2 Å². The SMILES string of the molecule is CC(NS(=O)(=O)c1c(F)cccc1F)c1ccc2c(c1)OCCO2. The van der Waals surface area contributed by atoms with E-state index in [-0.39, 0.29) is 0 Å². The van der Waals surface area contributed by atoms with Crippen molar-refractivity contribution in [3.05, 3.63) is 53.6 Å². The molecule has 8 heteroatoms. The Kier molecular flexibility index (Phi) is 4.42. The minimum atomic E-state index is -4.36. The van der Waals surface area contributed by atoms with Gasteiger partial charge in [-0.1, -0.05) is 12.1 Å². The fourth-order valence-electron chi connectivity index (χ4n) is 2.43. The molecule has 1 heterocycles. The van der Waals surface area contributed by atoms with Crippen molar-refractivity contribution in [1.29, 1.82) is 0 Å². The van der Waals surface area contributed by atoms with Crippen molar-refractivity contribution in [2.45, 2.75) is 17.9 Å². The van der Waals surface area contributed by atoms with Crippen LogP contribution in [-0.2, 0) is 10.0 Å². The summed E-state index contributed by atoms with van der Waals surface area (Å²) in [6.07, 6.45) is 0. The first-order chi connectivity index (χ1) is 11.4. The third kappa shape index (κ3) is 3.20. The van der Waals surface area contributed by atoms with Gasteiger partial charge in [0.15, 0.2) is 16.4 Å². The second-order valence-electron chi connectivity index (χ2n) is 5.30. The summed E-state index contributed by atoms with van der Waals surface area (Å²) in [5, 5.41) is 0. The van der Waals surface area contributed by atoms with Crippen molar-refractivity contribution < 1.29 is 26.7 Å². The maximum Gasteiger partial charge on any atom is 0.246 e. The molecule has 0 aliphatic carbocycles. The largest absolute Gasteiger partial charge is 0.486 e. The molecule has 0 fully saturated rings. The number of rotatable bonds is 4. The lowest BCUT2D eigenvalue weighted by Crippen LogP contribution is -2.28. The van der Waals surface area contributed by atoms with Crippen LogP contribution in [0.2, 0.25) is 0 Å². The van der Waals surface area contributed by atoms with Crippen molar-refractivity contribution in [2.75, 3.05) is 13.2 Å². The van der Waals surface area contributed by atoms with Crippen LogP contribution >= 0.6 is 0 Å². The van der Waals surface area contributed by atoms with Crippen LogP contribution in [0.3, 0.4) is 0 Å². The number of hydrogen-bond acceptors (Lipinski definition) is 4. The molecule has 2 aromatic rings. The van der Waals surface area contributed by atoms with Gasteiger partial charge < -0.3 is 9.47 Å². The summed E-state index contributed by atoms with van der Waals surface area (Å²) in [5.74, 6) is -1.21. The summed E-state index contributed by atoms with van der Waals surface area (Å²) < 4.78 is 65.2. The molecule has 0 bridgehead atoms. The lowest BCUT2D eigenvalue weighted by atomic mass is 10.1. The molecule has 1 aliphatic rings. The van der Waals surface area contributed by atoms with Gasteiger partial charge in [-0.05, 0) is 36.8 Å². The highest BCUT2D eigenvalue weighted by Crippen LogP contribution is 2.33. The van der Waals surface area contributed by atoms with Crippen LogP contribution in [0.15, 0.2) is 41.3 Å². The van der Waals surface area contributed by atoms with E-state index in [2.05, 4.69) is 4.72 Å². The van der Waals surface area contributed by atoms with Gasteiger partial charge in [0.25, 0.3) is 0 Å². The van der Waals surface area contributed by atoms with Gasteiger partial charge in [-0.3, -0.25) is 0 Å². The second-order valence-corrected chi connectivity index (χ2v) is 6.95. The maximum absolute atomic E-state index is 13.7. The average Bonchev–Trinajstić information content (AvgIpc) is 2.53. The summed E-state index contributed by atoms with van der Waals surface area (Å²) in [4.78, 5) is -0.991. The van der Waals surface area contributed by atoms with Crippen LogP contribution < -0.4 is 14.2 Å². The number of sulfonamides is 1. The monoisotopic (exact) mass is 355 g/mol. The minimum absolute atomic E-state index is 0.400. The number of fused-ring (bicyclic) bond motifs is 1. The van der Waals surface area contributed by atoms with E-state index < -0.39 is 32.6 Å². The summed E-state index contributed by atoms with van der Waals surface area (Å²) in [6.45, 7) is 2.42. The summed E-state index contributed by atoms with van der Waals surface area (Å²) in [6, 6.07) is 7.15. The van der Waals surface area contributed by atoms with Gasteiger partial charge in [0.05, 0.1) is 0 Å². The zero-order valence-corrected chi connectivity index (χ0v) is 13.6. The zero-order chi connectivity index (χ0) is 17.3. The number of nitrogens with one attached hydrogen (secondary N) is 1. The summed E-state index contributed by atoms with van der Waals surface area (Å²) in [7, 11) is -4.36. The Balaban J connectivity index is 1.87. The van der Waals surface area contributed by atoms with Crippen LogP contribution in [0, 0.1) is 11.6 Å². The molecule has 1 N–H and O–H groups in total. The Hall–Kier alpha value is -2.19. The first kappa shape index (κ1) is 16.7. The number of ether oxygens (including phenoxy) is 2. The van der Waals surface area contributed by atoms with Gasteiger partial charge in [-0.2, -0.15) is 0 Å². The van der Waals surface area contributed by atoms with Gasteiger partial charge in [0, 0.05) is 6.04 Å². The predicted octanol–water partition coefficient (Wildman–Crippen LogP) is 2.78. The van der Waals surface area contributed by atoms with E-state index in [0.717, 1.165) is 18.2 Å². The average molecular weight is 355 g/mol. The van der Waals surface area contributed by atoms with E-state index in [0.29, 0.717) is 30.3 Å². The van der Waals surface area contributed by atoms with Gasteiger partial charge >= 0.3 is 0 Å². The quantitative estimate of drug-likeness (QED) is 0.916. The summed E-state index contributed by atoms with van der Waals surface area (Å²) in [5.41, 5.74) is 0.583. The predicted molar refractivity (Wildman–Crippen MR) is 82.5 cm³/mol. The van der Waals surface area contributed by atoms with Crippen LogP contribution in [0.1, 0.15) is 18.5 Å². The van der Waals surface area contributed by atoms with E-state index in [1.54, 1.807) is 25.1 Å². The number of benzene rings is 2. The van der Waals surface area contributed by atoms with E-state index >= 15 is 0 Å². The van der Waals surface area contributed by atoms with E-state index in [4.69, 9.17) is 9.47 Å². The Labute approximate surface area is 138 Å². The van der Waals surface area contributed by atoms with Gasteiger partial charge in [-0.25, -0.2) is 21.9 Å². The molecule has 1 atom stereocenters. The van der Waals surface area contributed by atoms with E-state index in [1.165, 1.54) is 0 Å². The maximum atomic E-state index is 13.7. The smallest absolute Gasteiger partial charge is 0.246 e. The Morgan fingerprint density at radius 2 is 1.67 bits per heavy atom. The van der Waals surface area contributed by atoms with Crippen molar-refractivity contribution >= 4 is 10.0 Å². The third-order valence-electron chi connectivity index (χ3n) is 3.59. The molecule has 24 heavy (non-hydrogen) atoms. The van der Waals surface area contributed by atoms with Gasteiger partial charge in [0.2, 0.25) is 10.0 Å². The summed E-state index contributed by atoms with van der Waals surface area (Å²) >= 11 is 0. The molecule has 1 aliphatic heterocycles. The Morgan fingerprint density at radius 1 is 1.04 bits per heavy atom. The van der Waals surface area contributed by atoms with Crippen molar-refractivity contribution in [3.8, 4) is 11.5 Å². The van der Waals surface area contributed by atoms with Crippen molar-refractivity contribution in [3.63, 3.8) is 0 Å². The molecule has 2 aromatic carbocycles. The molecule has 0 radical (unpaired) electrons. The fraction of sp³-hybridized carbons (Fsp3) is 0.250. The molecule has 0 saturated heterocycles. The Morgan fingerprint density at radius 3 is 2.33 bits per heavy atom. The molecule has 3 rings (SSSR count). The third-order valence-corrected chi connectivity index (χ3v) is 5.18. The van der Waals surface area contributed by atoms with Gasteiger partial charge in [0.1, 0.15) is 24.8 Å². The molecule has 0 saturated carbocycles. The highest BCUT2D eigenvalue weighted by atomic mass is 32.2. The molecule has 0 amide bonds. The lowest BCUT2D eigenvalue weighted by molar-refractivity contribution is 0.171. The first-order valence-corrected chi connectivity index (χ1v) is 8.73. The molecule has 5 nitrogen and oxygen atoms in total. The molecule has 0 aromatic heterocycles. The van der Waals surface area contributed by atoms with Gasteiger partial charge in [-0.15, -0.1) is 0 Å². The highest BCUT2D eigenvalue weighted by molar-refractivity contribution is 7.89. The standard InChI is InChI=1S/C16H15F2NO4S/c1-10(11-5-6-14-15(9-11)23-8-7-22-14)19-24(20,21)16-12(17)3-2-4-13(16)18/h2-6,9-10,19H,7-8H2,1H3. The van der Waals surface area contributed by atoms with Crippen molar-refractivity contribution in [2.24, 2.45) is 0 Å². The zero-order valence-electron chi connectivity index (χ0n) is 12.8. The minimum Gasteiger partial charge on any atom is -0.486 e. The molecule has 1 unspecified atom stereocenters. The topological polar surface area (TPSA) is 64.6 Å². The first-order valence-electron chi connectivity index (χ1n) is 7.24. The number of halogens is 2. The molecular formula is C16H15F2NO4S.